The number of hydrogen-bond donors (Lipinski definition) is 3. The van der Waals surface area contributed by atoms with Crippen LogP contribution in [0.5, 0.6) is 11.5 Å². The van der Waals surface area contributed by atoms with Crippen molar-refractivity contribution in [1.29, 1.82) is 0 Å². The number of benzene rings is 4. The van der Waals surface area contributed by atoms with Crippen molar-refractivity contribution in [3.63, 3.8) is 0 Å². The van der Waals surface area contributed by atoms with Gasteiger partial charge in [-0.15, -0.1) is 5.11 Å². The first kappa shape index (κ1) is 28.3. The molecule has 202 valence electrons. The Morgan fingerprint density at radius 2 is 1.74 bits per heavy atom. The van der Waals surface area contributed by atoms with Crippen molar-refractivity contribution in [2.75, 3.05) is 11.9 Å². The van der Waals surface area contributed by atoms with Crippen LogP contribution in [0.25, 0.3) is 10.8 Å². The van der Waals surface area contributed by atoms with Gasteiger partial charge in [-0.05, 0) is 54.6 Å². The van der Waals surface area contributed by atoms with Crippen molar-refractivity contribution < 1.29 is 27.6 Å². The van der Waals surface area contributed by atoms with Gasteiger partial charge in [0.05, 0.1) is 33.5 Å². The van der Waals surface area contributed by atoms with Gasteiger partial charge in [0.2, 0.25) is 0 Å². The average Bonchev–Trinajstić information content (AvgIpc) is 2.89. The van der Waals surface area contributed by atoms with Gasteiger partial charge in [0, 0.05) is 16.5 Å². The van der Waals surface area contributed by atoms with Gasteiger partial charge in [0.15, 0.2) is 5.75 Å². The van der Waals surface area contributed by atoms with E-state index in [0.717, 1.165) is 12.1 Å². The maximum Gasteiger partial charge on any atom is 0.294 e. The molecule has 0 heterocycles. The van der Waals surface area contributed by atoms with E-state index in [4.69, 9.17) is 27.9 Å². The maximum absolute atomic E-state index is 13.3. The maximum atomic E-state index is 13.3. The normalized spacial score (nSPS) is 11.7. The summed E-state index contributed by atoms with van der Waals surface area (Å²) < 4.78 is 38.4. The molecule has 4 aromatic rings. The third-order valence-electron chi connectivity index (χ3n) is 5.79. The lowest BCUT2D eigenvalue weighted by Crippen LogP contribution is -2.12. The Morgan fingerprint density at radius 1 is 1.00 bits per heavy atom. The third-order valence-corrected chi connectivity index (χ3v) is 7.29. The molecule has 0 saturated heterocycles. The number of hydrogen-bond acceptors (Lipinski definition) is 7. The number of fused-ring (bicyclic) bond motifs is 1. The lowest BCUT2D eigenvalue weighted by atomic mass is 10.0. The molecule has 39 heavy (non-hydrogen) atoms. The summed E-state index contributed by atoms with van der Waals surface area (Å²) in [6, 6.07) is 15.5. The van der Waals surface area contributed by atoms with Crippen molar-refractivity contribution in [3.8, 4) is 11.5 Å². The van der Waals surface area contributed by atoms with Crippen LogP contribution in [-0.2, 0) is 16.5 Å². The van der Waals surface area contributed by atoms with Crippen molar-refractivity contribution in [3.05, 3.63) is 81.8 Å². The molecular weight excluding hydrogens is 565 g/mol. The van der Waals surface area contributed by atoms with E-state index >= 15 is 0 Å². The molecule has 0 radical (unpaired) electrons. The molecule has 0 aliphatic heterocycles. The largest absolute Gasteiger partial charge is 0.505 e. The first-order valence-corrected chi connectivity index (χ1v) is 13.9. The highest BCUT2D eigenvalue weighted by Crippen LogP contribution is 2.41. The zero-order valence-corrected chi connectivity index (χ0v) is 23.1. The second-order valence-corrected chi connectivity index (χ2v) is 10.5. The Balaban J connectivity index is 1.82. The highest BCUT2D eigenvalue weighted by atomic mass is 35.5. The number of ether oxygens (including phenoxy) is 1. The number of nitrogens with zero attached hydrogens (tertiary/aromatic N) is 2. The zero-order chi connectivity index (χ0) is 28.3. The van der Waals surface area contributed by atoms with E-state index in [2.05, 4.69) is 15.5 Å². The number of nitrogens with one attached hydrogen (secondary N) is 1. The van der Waals surface area contributed by atoms with E-state index in [1.54, 1.807) is 49.4 Å². The second-order valence-electron chi connectivity index (χ2n) is 8.30. The molecule has 0 aliphatic rings. The number of rotatable bonds is 8. The highest BCUT2D eigenvalue weighted by Gasteiger charge is 2.21. The van der Waals surface area contributed by atoms with Gasteiger partial charge in [0.25, 0.3) is 16.0 Å². The molecule has 0 unspecified atom stereocenters. The fourth-order valence-electron chi connectivity index (χ4n) is 3.93. The van der Waals surface area contributed by atoms with Gasteiger partial charge in [0.1, 0.15) is 11.4 Å². The SMILES string of the molecule is CCOc1ccc(Cl)c(NC(=O)c2cc3ccccc3c(N=Nc3cc(S(=O)(=O)O)cc(Cl)c3CC)c2O)c1. The Kier molecular flexibility index (Phi) is 8.41. The molecule has 3 N–H and O–H groups in total. The number of carbonyl (C=O) groups is 1. The summed E-state index contributed by atoms with van der Waals surface area (Å²) in [5, 5.41) is 23.6. The van der Waals surface area contributed by atoms with Crippen molar-refractivity contribution in [1.82, 2.24) is 0 Å². The van der Waals surface area contributed by atoms with Crippen LogP contribution in [-0.4, -0.2) is 30.6 Å². The highest BCUT2D eigenvalue weighted by molar-refractivity contribution is 7.85. The Morgan fingerprint density at radius 3 is 2.44 bits per heavy atom. The predicted molar refractivity (Wildman–Crippen MR) is 151 cm³/mol. The summed E-state index contributed by atoms with van der Waals surface area (Å²) in [4.78, 5) is 12.8. The molecule has 0 fully saturated rings. The summed E-state index contributed by atoms with van der Waals surface area (Å²) in [7, 11) is -4.56. The van der Waals surface area contributed by atoms with Crippen LogP contribution in [0, 0.1) is 0 Å². The molecule has 4 aromatic carbocycles. The summed E-state index contributed by atoms with van der Waals surface area (Å²) in [5.74, 6) is -0.607. The quantitative estimate of drug-likeness (QED) is 0.142. The molecule has 0 spiro atoms. The predicted octanol–water partition coefficient (Wildman–Crippen LogP) is 7.73. The Bertz CT molecular complexity index is 1720. The zero-order valence-electron chi connectivity index (χ0n) is 20.8. The van der Waals surface area contributed by atoms with Crippen molar-refractivity contribution in [2.24, 2.45) is 10.2 Å². The van der Waals surface area contributed by atoms with E-state index < -0.39 is 26.7 Å². The summed E-state index contributed by atoms with van der Waals surface area (Å²) in [6.07, 6.45) is 0.385. The molecule has 4 rings (SSSR count). The topological polar surface area (TPSA) is 138 Å². The minimum Gasteiger partial charge on any atom is -0.505 e. The molecule has 1 amide bonds. The number of phenols is 1. The van der Waals surface area contributed by atoms with Crippen molar-refractivity contribution in [2.45, 2.75) is 25.2 Å². The summed E-state index contributed by atoms with van der Waals surface area (Å²) in [6.45, 7) is 4.04. The lowest BCUT2D eigenvalue weighted by molar-refractivity contribution is 0.102. The van der Waals surface area contributed by atoms with E-state index in [0.29, 0.717) is 35.1 Å². The molecule has 0 aliphatic carbocycles. The van der Waals surface area contributed by atoms with Gasteiger partial charge in [-0.2, -0.15) is 13.5 Å². The van der Waals surface area contributed by atoms with Crippen LogP contribution in [0.3, 0.4) is 0 Å². The average molecular weight is 588 g/mol. The van der Waals surface area contributed by atoms with Gasteiger partial charge < -0.3 is 15.2 Å². The van der Waals surface area contributed by atoms with Gasteiger partial charge in [-0.25, -0.2) is 0 Å². The molecule has 9 nitrogen and oxygen atoms in total. The lowest BCUT2D eigenvalue weighted by Gasteiger charge is -2.13. The fourth-order valence-corrected chi connectivity index (χ4v) is 5.03. The van der Waals surface area contributed by atoms with Crippen molar-refractivity contribution >= 4 is 67.1 Å². The van der Waals surface area contributed by atoms with Crippen LogP contribution in [0.1, 0.15) is 29.8 Å². The number of anilines is 1. The Hall–Kier alpha value is -3.70. The van der Waals surface area contributed by atoms with E-state index in [-0.39, 0.29) is 32.7 Å². The van der Waals surface area contributed by atoms with E-state index in [9.17, 15) is 22.9 Å². The van der Waals surface area contributed by atoms with E-state index in [1.165, 1.54) is 6.07 Å². The Labute approximate surface area is 234 Å². The molecule has 0 saturated carbocycles. The molecule has 12 heteroatoms. The summed E-state index contributed by atoms with van der Waals surface area (Å²) in [5.41, 5.74) is 0.723. The standard InChI is InChI=1S/C27H23Cl2N3O6S/c1-3-18-22(29)13-17(39(35,36)37)14-23(18)31-32-25-19-8-6-5-7-15(19)11-20(26(25)33)27(34)30-24-12-16(38-4-2)9-10-21(24)28/h5-14,33H,3-4H2,1-2H3,(H,30,34)(H,35,36,37). The van der Waals surface area contributed by atoms with Crippen LogP contribution in [0.2, 0.25) is 10.0 Å². The first-order valence-electron chi connectivity index (χ1n) is 11.7. The second kappa shape index (κ2) is 11.6. The number of amides is 1. The summed E-state index contributed by atoms with van der Waals surface area (Å²) >= 11 is 12.5. The third kappa shape index (κ3) is 6.15. The van der Waals surface area contributed by atoms with Gasteiger partial charge in [-0.3, -0.25) is 9.35 Å². The number of aromatic hydroxyl groups is 1. The van der Waals surface area contributed by atoms with Crippen LogP contribution in [0.15, 0.2) is 75.8 Å². The van der Waals surface area contributed by atoms with Crippen LogP contribution >= 0.6 is 23.2 Å². The molecule has 0 atom stereocenters. The monoisotopic (exact) mass is 587 g/mol. The van der Waals surface area contributed by atoms with Gasteiger partial charge in [-0.1, -0.05) is 54.4 Å². The minimum atomic E-state index is -4.56. The van der Waals surface area contributed by atoms with E-state index in [1.807, 2.05) is 6.92 Å². The number of azo groups is 1. The van der Waals surface area contributed by atoms with Crippen LogP contribution < -0.4 is 10.1 Å². The number of carbonyl (C=O) groups excluding carboxylic acids is 1. The fraction of sp³-hybridized carbons (Fsp3) is 0.148. The first-order chi connectivity index (χ1) is 18.5. The molecule has 0 bridgehead atoms. The minimum absolute atomic E-state index is 0.0251. The smallest absolute Gasteiger partial charge is 0.294 e. The molecule has 0 aromatic heterocycles. The number of phenolic OH excluding ortho intramolecular Hbond substituents is 1. The number of halogens is 2. The molecular formula is C27H23Cl2N3O6S. The van der Waals surface area contributed by atoms with Crippen LogP contribution in [0.4, 0.5) is 17.1 Å². The van der Waals surface area contributed by atoms with Gasteiger partial charge >= 0.3 is 0 Å².